The van der Waals surface area contributed by atoms with E-state index in [1.165, 1.54) is 0 Å². The van der Waals surface area contributed by atoms with Crippen LogP contribution in [0.5, 0.6) is 0 Å². The van der Waals surface area contributed by atoms with Crippen molar-refractivity contribution >= 4 is 17.3 Å². The number of nitrogens with one attached hydrogen (secondary N) is 1. The van der Waals surface area contributed by atoms with E-state index in [4.69, 9.17) is 21.4 Å². The van der Waals surface area contributed by atoms with E-state index < -0.39 is 12.2 Å². The molecule has 0 unspecified atom stereocenters. The number of ether oxygens (including phenoxy) is 1. The monoisotopic (exact) mass is 243 g/mol. The minimum absolute atomic E-state index is 0.167. The number of hydrogen-bond acceptors (Lipinski definition) is 4. The number of aliphatic hydroxyl groups excluding tert-OH is 2. The van der Waals surface area contributed by atoms with Gasteiger partial charge in [0, 0.05) is 17.1 Å². The van der Waals surface area contributed by atoms with Gasteiger partial charge < -0.3 is 20.3 Å². The zero-order valence-corrected chi connectivity index (χ0v) is 9.39. The Labute approximate surface area is 98.8 Å². The fourth-order valence-corrected chi connectivity index (χ4v) is 1.84. The Bertz CT molecular complexity index is 344. The molecule has 1 aromatic carbocycles. The van der Waals surface area contributed by atoms with Gasteiger partial charge in [-0.25, -0.2) is 0 Å². The molecule has 1 aliphatic rings. The van der Waals surface area contributed by atoms with Crippen LogP contribution >= 0.6 is 11.6 Å². The molecule has 0 aliphatic carbocycles. The molecule has 3 atom stereocenters. The smallest absolute Gasteiger partial charge is 0.130 e. The maximum absolute atomic E-state index is 9.54. The Morgan fingerprint density at radius 2 is 2.06 bits per heavy atom. The second-order valence-corrected chi connectivity index (χ2v) is 4.24. The molecular weight excluding hydrogens is 230 g/mol. The third-order valence-corrected chi connectivity index (χ3v) is 2.83. The van der Waals surface area contributed by atoms with Crippen molar-refractivity contribution in [3.8, 4) is 0 Å². The van der Waals surface area contributed by atoms with Crippen LogP contribution in [0.15, 0.2) is 24.3 Å². The molecule has 0 aromatic heterocycles. The predicted octanol–water partition coefficient (Wildman–Crippen LogP) is 1.22. The van der Waals surface area contributed by atoms with E-state index in [0.717, 1.165) is 5.69 Å². The topological polar surface area (TPSA) is 61.7 Å². The molecule has 0 saturated carbocycles. The maximum Gasteiger partial charge on any atom is 0.130 e. The first-order valence-corrected chi connectivity index (χ1v) is 5.53. The number of halogens is 1. The molecule has 1 aromatic rings. The molecule has 1 fully saturated rings. The number of benzene rings is 1. The van der Waals surface area contributed by atoms with Gasteiger partial charge in [0.2, 0.25) is 0 Å². The third-order valence-electron chi connectivity index (χ3n) is 2.58. The van der Waals surface area contributed by atoms with Gasteiger partial charge in [-0.15, -0.1) is 0 Å². The summed E-state index contributed by atoms with van der Waals surface area (Å²) in [5.74, 6) is 0. The number of aliphatic hydroxyl groups is 2. The van der Waals surface area contributed by atoms with Crippen LogP contribution in [0.2, 0.25) is 5.02 Å². The number of anilines is 1. The van der Waals surface area contributed by atoms with Gasteiger partial charge in [-0.05, 0) is 24.3 Å². The average Bonchev–Trinajstić information content (AvgIpc) is 2.62. The van der Waals surface area contributed by atoms with Gasteiger partial charge in [0.05, 0.1) is 12.7 Å². The molecule has 0 amide bonds. The molecule has 16 heavy (non-hydrogen) atoms. The molecular formula is C11H14ClNO3. The van der Waals surface area contributed by atoms with E-state index >= 15 is 0 Å². The van der Waals surface area contributed by atoms with Gasteiger partial charge in [0.1, 0.15) is 12.3 Å². The summed E-state index contributed by atoms with van der Waals surface area (Å²) < 4.78 is 5.41. The molecule has 3 N–H and O–H groups in total. The predicted molar refractivity (Wildman–Crippen MR) is 61.4 cm³/mol. The molecule has 0 radical (unpaired) electrons. The van der Waals surface area contributed by atoms with E-state index in [9.17, 15) is 5.11 Å². The van der Waals surface area contributed by atoms with Crippen LogP contribution in [-0.4, -0.2) is 35.3 Å². The Hall–Kier alpha value is -0.810. The SMILES string of the molecule is OC[C@@H]1O[C@@H](Nc2ccc(Cl)cc2)C[C@H]1O. The van der Waals surface area contributed by atoms with Crippen molar-refractivity contribution in [2.45, 2.75) is 24.9 Å². The lowest BCUT2D eigenvalue weighted by atomic mass is 10.2. The average molecular weight is 244 g/mol. The van der Waals surface area contributed by atoms with Crippen LogP contribution in [0, 0.1) is 0 Å². The molecule has 1 saturated heterocycles. The van der Waals surface area contributed by atoms with Crippen molar-refractivity contribution in [2.75, 3.05) is 11.9 Å². The highest BCUT2D eigenvalue weighted by molar-refractivity contribution is 6.30. The Morgan fingerprint density at radius 1 is 1.38 bits per heavy atom. The fourth-order valence-electron chi connectivity index (χ4n) is 1.72. The number of hydrogen-bond donors (Lipinski definition) is 3. The first-order chi connectivity index (χ1) is 7.69. The largest absolute Gasteiger partial charge is 0.394 e. The molecule has 0 bridgehead atoms. The summed E-state index contributed by atoms with van der Waals surface area (Å²) >= 11 is 5.77. The summed E-state index contributed by atoms with van der Waals surface area (Å²) in [5.41, 5.74) is 0.875. The van der Waals surface area contributed by atoms with Crippen molar-refractivity contribution in [3.63, 3.8) is 0 Å². The summed E-state index contributed by atoms with van der Waals surface area (Å²) in [7, 11) is 0. The summed E-state index contributed by atoms with van der Waals surface area (Å²) in [4.78, 5) is 0. The van der Waals surface area contributed by atoms with Crippen LogP contribution < -0.4 is 5.32 Å². The van der Waals surface area contributed by atoms with E-state index in [1.807, 2.05) is 12.1 Å². The van der Waals surface area contributed by atoms with E-state index in [1.54, 1.807) is 12.1 Å². The van der Waals surface area contributed by atoms with E-state index in [2.05, 4.69) is 5.32 Å². The Kier molecular flexibility index (Phi) is 3.66. The fraction of sp³-hybridized carbons (Fsp3) is 0.455. The minimum atomic E-state index is -0.616. The van der Waals surface area contributed by atoms with Gasteiger partial charge in [0.25, 0.3) is 0 Å². The zero-order valence-electron chi connectivity index (χ0n) is 8.64. The van der Waals surface area contributed by atoms with Gasteiger partial charge in [-0.3, -0.25) is 0 Å². The first-order valence-electron chi connectivity index (χ1n) is 5.15. The van der Waals surface area contributed by atoms with Crippen molar-refractivity contribution in [3.05, 3.63) is 29.3 Å². The van der Waals surface area contributed by atoms with Crippen molar-refractivity contribution in [1.82, 2.24) is 0 Å². The summed E-state index contributed by atoms with van der Waals surface area (Å²) in [6, 6.07) is 7.23. The lowest BCUT2D eigenvalue weighted by molar-refractivity contribution is -0.0149. The highest BCUT2D eigenvalue weighted by Gasteiger charge is 2.33. The standard InChI is InChI=1S/C11H14ClNO3/c12-7-1-3-8(4-2-7)13-11-5-9(15)10(6-14)16-11/h1-4,9-11,13-15H,5-6H2/t9-,10+,11-/m1/s1. The van der Waals surface area contributed by atoms with E-state index in [0.29, 0.717) is 11.4 Å². The normalized spacial score (nSPS) is 29.3. The molecule has 1 aliphatic heterocycles. The van der Waals surface area contributed by atoms with Gasteiger partial charge in [-0.2, -0.15) is 0 Å². The molecule has 4 nitrogen and oxygen atoms in total. The first kappa shape index (κ1) is 11.7. The van der Waals surface area contributed by atoms with E-state index in [-0.39, 0.29) is 12.8 Å². The van der Waals surface area contributed by atoms with Gasteiger partial charge >= 0.3 is 0 Å². The highest BCUT2D eigenvalue weighted by atomic mass is 35.5. The molecule has 5 heteroatoms. The summed E-state index contributed by atoms with van der Waals surface area (Å²) in [6.45, 7) is -0.167. The Balaban J connectivity index is 1.94. The molecule has 2 rings (SSSR count). The van der Waals surface area contributed by atoms with Crippen molar-refractivity contribution in [2.24, 2.45) is 0 Å². The number of rotatable bonds is 3. The van der Waals surface area contributed by atoms with Gasteiger partial charge in [-0.1, -0.05) is 11.6 Å². The van der Waals surface area contributed by atoms with Crippen LogP contribution in [0.4, 0.5) is 5.69 Å². The molecule has 0 spiro atoms. The van der Waals surface area contributed by atoms with Crippen molar-refractivity contribution < 1.29 is 14.9 Å². The third kappa shape index (κ3) is 2.65. The van der Waals surface area contributed by atoms with Crippen molar-refractivity contribution in [1.29, 1.82) is 0 Å². The minimum Gasteiger partial charge on any atom is -0.394 e. The Morgan fingerprint density at radius 3 is 2.62 bits per heavy atom. The van der Waals surface area contributed by atoms with Crippen LogP contribution in [0.3, 0.4) is 0 Å². The van der Waals surface area contributed by atoms with Crippen LogP contribution in [0.1, 0.15) is 6.42 Å². The quantitative estimate of drug-likeness (QED) is 0.747. The molecule has 1 heterocycles. The van der Waals surface area contributed by atoms with Gasteiger partial charge in [0.15, 0.2) is 0 Å². The second kappa shape index (κ2) is 5.01. The highest BCUT2D eigenvalue weighted by Crippen LogP contribution is 2.22. The summed E-state index contributed by atoms with van der Waals surface area (Å²) in [5, 5.41) is 22.2. The lowest BCUT2D eigenvalue weighted by Gasteiger charge is -2.14. The lowest BCUT2D eigenvalue weighted by Crippen LogP contribution is -2.25. The zero-order chi connectivity index (χ0) is 11.5. The summed E-state index contributed by atoms with van der Waals surface area (Å²) in [6.07, 6.45) is -0.915. The molecule has 88 valence electrons. The second-order valence-electron chi connectivity index (χ2n) is 3.80. The maximum atomic E-state index is 9.54. The van der Waals surface area contributed by atoms with Crippen LogP contribution in [0.25, 0.3) is 0 Å². The van der Waals surface area contributed by atoms with Crippen LogP contribution in [-0.2, 0) is 4.74 Å².